The van der Waals surface area contributed by atoms with E-state index in [1.807, 2.05) is 36.4 Å². The smallest absolute Gasteiger partial charge is 0.250 e. The number of nitrogens with zero attached hydrogens (tertiary/aromatic N) is 2. The van der Waals surface area contributed by atoms with Crippen LogP contribution in [0.2, 0.25) is 0 Å². The zero-order valence-electron chi connectivity index (χ0n) is 13.1. The molecule has 122 valence electrons. The molecule has 6 nitrogen and oxygen atoms in total. The van der Waals surface area contributed by atoms with Gasteiger partial charge in [-0.2, -0.15) is 0 Å². The molecule has 0 fully saturated rings. The number of carbonyl (C=O) groups excluding carboxylic acids is 1. The largest absolute Gasteiger partial charge is 0.366 e. The van der Waals surface area contributed by atoms with Crippen LogP contribution in [0, 0.1) is 0 Å². The van der Waals surface area contributed by atoms with Gasteiger partial charge in [0.15, 0.2) is 0 Å². The highest BCUT2D eigenvalue weighted by Crippen LogP contribution is 2.27. The lowest BCUT2D eigenvalue weighted by atomic mass is 10.0. The Morgan fingerprint density at radius 1 is 1.08 bits per heavy atom. The lowest BCUT2D eigenvalue weighted by Crippen LogP contribution is -2.17. The number of fused-ring (bicyclic) bond motifs is 1. The number of anilines is 1. The van der Waals surface area contributed by atoms with Gasteiger partial charge >= 0.3 is 0 Å². The summed E-state index contributed by atoms with van der Waals surface area (Å²) in [4.78, 5) is 20.1. The predicted octanol–water partition coefficient (Wildman–Crippen LogP) is 2.23. The molecule has 0 radical (unpaired) electrons. The first-order chi connectivity index (χ1) is 11.7. The fraction of sp³-hybridized carbons (Fsp3) is 0.167. The summed E-state index contributed by atoms with van der Waals surface area (Å²) in [5.74, 6) is 0.150. The molecule has 5 N–H and O–H groups in total. The monoisotopic (exact) mass is 321 g/mol. The third kappa shape index (κ3) is 3.18. The number of nitrogens with two attached hydrogens (primary N) is 2. The maximum atomic E-state index is 11.6. The van der Waals surface area contributed by atoms with Crippen LogP contribution in [0.4, 0.5) is 5.82 Å². The summed E-state index contributed by atoms with van der Waals surface area (Å²) in [5.41, 5.74) is 13.2. The van der Waals surface area contributed by atoms with E-state index in [2.05, 4.69) is 15.3 Å². The number of primary amides is 1. The van der Waals surface area contributed by atoms with Crippen molar-refractivity contribution in [2.45, 2.75) is 12.5 Å². The predicted molar refractivity (Wildman–Crippen MR) is 94.5 cm³/mol. The maximum absolute atomic E-state index is 11.6. The van der Waals surface area contributed by atoms with Gasteiger partial charge in [-0.3, -0.25) is 4.79 Å². The average Bonchev–Trinajstić information content (AvgIpc) is 2.61. The van der Waals surface area contributed by atoms with Crippen molar-refractivity contribution in [2.75, 3.05) is 11.9 Å². The van der Waals surface area contributed by atoms with Crippen LogP contribution in [0.5, 0.6) is 0 Å². The first-order valence-electron chi connectivity index (χ1n) is 7.75. The minimum atomic E-state index is -0.508. The van der Waals surface area contributed by atoms with Crippen LogP contribution in [-0.4, -0.2) is 22.4 Å². The Morgan fingerprint density at radius 3 is 2.58 bits per heavy atom. The third-order valence-electron chi connectivity index (χ3n) is 3.90. The Kier molecular flexibility index (Phi) is 4.67. The molecule has 1 aromatic heterocycles. The topological polar surface area (TPSA) is 107 Å². The number of carbonyl (C=O) groups is 1. The summed E-state index contributed by atoms with van der Waals surface area (Å²) in [7, 11) is 0. The molecule has 1 heterocycles. The van der Waals surface area contributed by atoms with Crippen molar-refractivity contribution in [3.63, 3.8) is 0 Å². The van der Waals surface area contributed by atoms with Gasteiger partial charge in [-0.15, -0.1) is 0 Å². The van der Waals surface area contributed by atoms with Gasteiger partial charge in [-0.05, 0) is 30.7 Å². The molecular formula is C18H19N5O. The molecule has 3 rings (SSSR count). The van der Waals surface area contributed by atoms with Gasteiger partial charge in [-0.25, -0.2) is 9.97 Å². The molecule has 24 heavy (non-hydrogen) atoms. The number of amides is 1. The van der Waals surface area contributed by atoms with E-state index in [0.29, 0.717) is 23.4 Å². The van der Waals surface area contributed by atoms with E-state index in [9.17, 15) is 4.79 Å². The Hall–Kier alpha value is -2.99. The average molecular weight is 321 g/mol. The van der Waals surface area contributed by atoms with Gasteiger partial charge in [-0.1, -0.05) is 36.4 Å². The summed E-state index contributed by atoms with van der Waals surface area (Å²) < 4.78 is 0. The standard InChI is InChI=1S/C18H19N5O/c19-10-9-15(12-5-2-1-3-6-12)23-18-14-8-4-7-13(17(20)24)16(14)21-11-22-18/h1-8,11,15H,9-10,19H2,(H2,20,24)(H,21,22,23). The van der Waals surface area contributed by atoms with E-state index in [4.69, 9.17) is 11.5 Å². The number of rotatable bonds is 6. The molecule has 3 aromatic rings. The van der Waals surface area contributed by atoms with Crippen molar-refractivity contribution in [1.82, 2.24) is 9.97 Å². The normalized spacial score (nSPS) is 12.0. The highest BCUT2D eigenvalue weighted by atomic mass is 16.1. The van der Waals surface area contributed by atoms with Crippen molar-refractivity contribution >= 4 is 22.6 Å². The summed E-state index contributed by atoms with van der Waals surface area (Å²) >= 11 is 0. The number of hydrogen-bond acceptors (Lipinski definition) is 5. The number of nitrogens with one attached hydrogen (secondary N) is 1. The van der Waals surface area contributed by atoms with Crippen molar-refractivity contribution in [3.05, 3.63) is 66.0 Å². The zero-order valence-corrected chi connectivity index (χ0v) is 13.1. The first-order valence-corrected chi connectivity index (χ1v) is 7.75. The van der Waals surface area contributed by atoms with E-state index in [-0.39, 0.29) is 6.04 Å². The number of aromatic nitrogens is 2. The SMILES string of the molecule is NCCC(Nc1ncnc2c(C(N)=O)cccc12)c1ccccc1. The van der Waals surface area contributed by atoms with Crippen LogP contribution >= 0.6 is 0 Å². The molecule has 6 heteroatoms. The summed E-state index contributed by atoms with van der Waals surface area (Å²) in [6.07, 6.45) is 2.19. The molecule has 0 spiro atoms. The fourth-order valence-electron chi connectivity index (χ4n) is 2.74. The third-order valence-corrected chi connectivity index (χ3v) is 3.90. The second-order valence-corrected chi connectivity index (χ2v) is 5.47. The van der Waals surface area contributed by atoms with E-state index in [1.54, 1.807) is 12.1 Å². The maximum Gasteiger partial charge on any atom is 0.250 e. The van der Waals surface area contributed by atoms with Gasteiger partial charge < -0.3 is 16.8 Å². The molecule has 2 aromatic carbocycles. The number of benzene rings is 2. The van der Waals surface area contributed by atoms with Gasteiger partial charge in [0.2, 0.25) is 0 Å². The Labute approximate surface area is 139 Å². The minimum absolute atomic E-state index is 0.0199. The van der Waals surface area contributed by atoms with Crippen LogP contribution < -0.4 is 16.8 Å². The van der Waals surface area contributed by atoms with Crippen LogP contribution in [0.3, 0.4) is 0 Å². The molecule has 0 aliphatic rings. The molecular weight excluding hydrogens is 302 g/mol. The first kappa shape index (κ1) is 15.9. The van der Waals surface area contributed by atoms with E-state index >= 15 is 0 Å². The van der Waals surface area contributed by atoms with Crippen molar-refractivity contribution in [1.29, 1.82) is 0 Å². The quantitative estimate of drug-likeness (QED) is 0.645. The molecule has 0 bridgehead atoms. The number of para-hydroxylation sites is 1. The van der Waals surface area contributed by atoms with Gasteiger partial charge in [0.1, 0.15) is 12.1 Å². The van der Waals surface area contributed by atoms with E-state index in [1.165, 1.54) is 6.33 Å². The summed E-state index contributed by atoms with van der Waals surface area (Å²) in [6, 6.07) is 15.4. The lowest BCUT2D eigenvalue weighted by Gasteiger charge is -2.20. The molecule has 1 unspecified atom stereocenters. The van der Waals surface area contributed by atoms with Crippen molar-refractivity contribution in [3.8, 4) is 0 Å². The van der Waals surface area contributed by atoms with Crippen LogP contribution in [0.25, 0.3) is 10.9 Å². The van der Waals surface area contributed by atoms with E-state index < -0.39 is 5.91 Å². The second kappa shape index (κ2) is 7.06. The molecule has 0 saturated carbocycles. The summed E-state index contributed by atoms with van der Waals surface area (Å²) in [5, 5.41) is 4.18. The van der Waals surface area contributed by atoms with Gasteiger partial charge in [0.05, 0.1) is 17.1 Å². The minimum Gasteiger partial charge on any atom is -0.366 e. The van der Waals surface area contributed by atoms with Gasteiger partial charge in [0, 0.05) is 5.39 Å². The van der Waals surface area contributed by atoms with Gasteiger partial charge in [0.25, 0.3) is 5.91 Å². The van der Waals surface area contributed by atoms with Crippen LogP contribution in [0.15, 0.2) is 54.9 Å². The highest BCUT2D eigenvalue weighted by molar-refractivity contribution is 6.06. The van der Waals surface area contributed by atoms with Crippen LogP contribution in [0.1, 0.15) is 28.4 Å². The molecule has 1 atom stereocenters. The van der Waals surface area contributed by atoms with Crippen LogP contribution in [-0.2, 0) is 0 Å². The molecule has 0 saturated heterocycles. The molecule has 1 amide bonds. The Morgan fingerprint density at radius 2 is 1.88 bits per heavy atom. The number of hydrogen-bond donors (Lipinski definition) is 3. The molecule has 0 aliphatic carbocycles. The second-order valence-electron chi connectivity index (χ2n) is 5.47. The highest BCUT2D eigenvalue weighted by Gasteiger charge is 2.15. The summed E-state index contributed by atoms with van der Waals surface area (Å²) in [6.45, 7) is 0.544. The Bertz CT molecular complexity index is 850. The lowest BCUT2D eigenvalue weighted by molar-refractivity contribution is 0.100. The van der Waals surface area contributed by atoms with Crippen molar-refractivity contribution in [2.24, 2.45) is 11.5 Å². The molecule has 0 aliphatic heterocycles. The Balaban J connectivity index is 2.02. The van der Waals surface area contributed by atoms with E-state index in [0.717, 1.165) is 17.4 Å². The fourth-order valence-corrected chi connectivity index (χ4v) is 2.74. The van der Waals surface area contributed by atoms with Crippen molar-refractivity contribution < 1.29 is 4.79 Å². The zero-order chi connectivity index (χ0) is 16.9.